The fraction of sp³-hybridized carbons (Fsp3) is 0.231. The molecule has 0 aliphatic rings. The molecule has 1 unspecified atom stereocenters. The van der Waals surface area contributed by atoms with E-state index in [1.165, 1.54) is 4.88 Å². The number of rotatable bonds is 4. The largest absolute Gasteiger partial charge is 0.496 e. The minimum absolute atomic E-state index is 0.0163. The Balaban J connectivity index is 2.15. The molecule has 0 bridgehead atoms. The van der Waals surface area contributed by atoms with Crippen molar-refractivity contribution in [1.82, 2.24) is 0 Å². The van der Waals surface area contributed by atoms with Crippen LogP contribution in [0.2, 0.25) is 0 Å². The van der Waals surface area contributed by atoms with Gasteiger partial charge < -0.3 is 10.5 Å². The van der Waals surface area contributed by atoms with E-state index in [4.69, 9.17) is 10.5 Å². The molecule has 0 radical (unpaired) electrons. The molecule has 0 fully saturated rings. The highest BCUT2D eigenvalue weighted by atomic mass is 79.9. The highest BCUT2D eigenvalue weighted by Crippen LogP contribution is 2.29. The molecule has 2 aromatic rings. The van der Waals surface area contributed by atoms with Crippen molar-refractivity contribution >= 4 is 27.3 Å². The Labute approximate surface area is 114 Å². The van der Waals surface area contributed by atoms with E-state index in [1.807, 2.05) is 24.3 Å². The highest BCUT2D eigenvalue weighted by Gasteiger charge is 2.12. The Bertz CT molecular complexity index is 498. The van der Waals surface area contributed by atoms with Crippen molar-refractivity contribution < 1.29 is 4.74 Å². The van der Waals surface area contributed by atoms with E-state index in [1.54, 1.807) is 18.4 Å². The molecule has 90 valence electrons. The number of nitrogens with two attached hydrogens (primary N) is 1. The minimum Gasteiger partial charge on any atom is -0.496 e. The van der Waals surface area contributed by atoms with E-state index >= 15 is 0 Å². The third-order valence-corrected chi connectivity index (χ3v) is 4.35. The molecule has 0 aliphatic carbocycles. The summed E-state index contributed by atoms with van der Waals surface area (Å²) in [5, 5.41) is 0. The first-order chi connectivity index (χ1) is 8.20. The van der Waals surface area contributed by atoms with Crippen molar-refractivity contribution in [3.8, 4) is 5.75 Å². The maximum atomic E-state index is 6.20. The van der Waals surface area contributed by atoms with Gasteiger partial charge in [0.2, 0.25) is 0 Å². The van der Waals surface area contributed by atoms with Crippen molar-refractivity contribution in [1.29, 1.82) is 0 Å². The summed E-state index contributed by atoms with van der Waals surface area (Å²) in [4.78, 5) is 1.18. The second-order valence-electron chi connectivity index (χ2n) is 3.76. The smallest absolute Gasteiger partial charge is 0.122 e. The standard InChI is InChI=1S/C13H14BrNOS/c1-16-11-5-3-2-4-9(11)8-10(15)12-6-7-13(14)17-12/h2-7,10H,8,15H2,1H3. The number of ether oxygens (including phenoxy) is 1. The van der Waals surface area contributed by atoms with Crippen LogP contribution in [0.3, 0.4) is 0 Å². The molecule has 0 spiro atoms. The van der Waals surface area contributed by atoms with Crippen molar-refractivity contribution in [2.24, 2.45) is 5.73 Å². The Morgan fingerprint density at radius 2 is 2.06 bits per heavy atom. The van der Waals surface area contributed by atoms with E-state index < -0.39 is 0 Å². The molecule has 17 heavy (non-hydrogen) atoms. The first kappa shape index (κ1) is 12.6. The van der Waals surface area contributed by atoms with E-state index in [-0.39, 0.29) is 6.04 Å². The zero-order chi connectivity index (χ0) is 12.3. The normalized spacial score (nSPS) is 12.4. The van der Waals surface area contributed by atoms with E-state index in [0.29, 0.717) is 0 Å². The number of hydrogen-bond acceptors (Lipinski definition) is 3. The number of methoxy groups -OCH3 is 1. The summed E-state index contributed by atoms with van der Waals surface area (Å²) in [6.45, 7) is 0. The second-order valence-corrected chi connectivity index (χ2v) is 6.26. The Kier molecular flexibility index (Phi) is 4.20. The molecule has 0 amide bonds. The Morgan fingerprint density at radius 1 is 1.29 bits per heavy atom. The maximum absolute atomic E-state index is 6.20. The average Bonchev–Trinajstić information content (AvgIpc) is 2.77. The van der Waals surface area contributed by atoms with Gasteiger partial charge in [-0.05, 0) is 46.1 Å². The minimum atomic E-state index is 0.0163. The molecule has 1 aromatic carbocycles. The maximum Gasteiger partial charge on any atom is 0.122 e. The second kappa shape index (κ2) is 5.67. The lowest BCUT2D eigenvalue weighted by Crippen LogP contribution is -2.12. The molecule has 0 saturated heterocycles. The average molecular weight is 312 g/mol. The van der Waals surface area contributed by atoms with Crippen LogP contribution in [0.5, 0.6) is 5.75 Å². The topological polar surface area (TPSA) is 35.2 Å². The predicted octanol–water partition coefficient (Wildman–Crippen LogP) is 3.76. The quantitative estimate of drug-likeness (QED) is 0.933. The number of hydrogen-bond donors (Lipinski definition) is 1. The van der Waals surface area contributed by atoms with E-state index in [9.17, 15) is 0 Å². The monoisotopic (exact) mass is 311 g/mol. The lowest BCUT2D eigenvalue weighted by molar-refractivity contribution is 0.408. The third-order valence-electron chi connectivity index (χ3n) is 2.59. The van der Waals surface area contributed by atoms with Gasteiger partial charge in [0.15, 0.2) is 0 Å². The Morgan fingerprint density at radius 3 is 2.71 bits per heavy atom. The van der Waals surface area contributed by atoms with Gasteiger partial charge in [-0.15, -0.1) is 11.3 Å². The van der Waals surface area contributed by atoms with Crippen LogP contribution >= 0.6 is 27.3 Å². The predicted molar refractivity (Wildman–Crippen MR) is 75.6 cm³/mol. The molecule has 2 nitrogen and oxygen atoms in total. The SMILES string of the molecule is COc1ccccc1CC(N)c1ccc(Br)s1. The molecular formula is C13H14BrNOS. The van der Waals surface area contributed by atoms with Crippen LogP contribution in [0.4, 0.5) is 0 Å². The lowest BCUT2D eigenvalue weighted by Gasteiger charge is -2.12. The van der Waals surface area contributed by atoms with Crippen LogP contribution in [0.15, 0.2) is 40.2 Å². The molecule has 1 aromatic heterocycles. The molecule has 1 atom stereocenters. The van der Waals surface area contributed by atoms with Crippen molar-refractivity contribution in [2.45, 2.75) is 12.5 Å². The number of thiophene rings is 1. The fourth-order valence-corrected chi connectivity index (χ4v) is 3.16. The lowest BCUT2D eigenvalue weighted by atomic mass is 10.0. The third kappa shape index (κ3) is 3.09. The molecule has 0 saturated carbocycles. The van der Waals surface area contributed by atoms with E-state index in [2.05, 4.69) is 28.1 Å². The van der Waals surface area contributed by atoms with Crippen LogP contribution in [-0.4, -0.2) is 7.11 Å². The molecule has 1 heterocycles. The van der Waals surface area contributed by atoms with E-state index in [0.717, 1.165) is 21.5 Å². The van der Waals surface area contributed by atoms with Crippen LogP contribution < -0.4 is 10.5 Å². The summed E-state index contributed by atoms with van der Waals surface area (Å²) in [6, 6.07) is 12.1. The number of para-hydroxylation sites is 1. The number of benzene rings is 1. The van der Waals surface area contributed by atoms with Gasteiger partial charge in [0, 0.05) is 10.9 Å². The first-order valence-corrected chi connectivity index (χ1v) is 6.94. The molecule has 4 heteroatoms. The van der Waals surface area contributed by atoms with Crippen molar-refractivity contribution in [2.75, 3.05) is 7.11 Å². The highest BCUT2D eigenvalue weighted by molar-refractivity contribution is 9.11. The van der Waals surface area contributed by atoms with Gasteiger partial charge in [0.05, 0.1) is 10.9 Å². The summed E-state index contributed by atoms with van der Waals surface area (Å²) < 4.78 is 6.44. The summed E-state index contributed by atoms with van der Waals surface area (Å²) in [6.07, 6.45) is 0.789. The van der Waals surface area contributed by atoms with Gasteiger partial charge in [0.1, 0.15) is 5.75 Å². The summed E-state index contributed by atoms with van der Waals surface area (Å²) >= 11 is 5.13. The molecule has 0 aliphatic heterocycles. The number of halogens is 1. The summed E-state index contributed by atoms with van der Waals surface area (Å²) in [5.41, 5.74) is 7.34. The zero-order valence-corrected chi connectivity index (χ0v) is 11.9. The van der Waals surface area contributed by atoms with Crippen LogP contribution in [0.25, 0.3) is 0 Å². The fourth-order valence-electron chi connectivity index (χ4n) is 1.74. The summed E-state index contributed by atoms with van der Waals surface area (Å²) in [5.74, 6) is 0.901. The molecule has 2 rings (SSSR count). The van der Waals surface area contributed by atoms with Crippen molar-refractivity contribution in [3.63, 3.8) is 0 Å². The van der Waals surface area contributed by atoms with Gasteiger partial charge >= 0.3 is 0 Å². The van der Waals surface area contributed by atoms with Gasteiger partial charge in [0.25, 0.3) is 0 Å². The zero-order valence-electron chi connectivity index (χ0n) is 9.52. The van der Waals surface area contributed by atoms with Crippen LogP contribution in [-0.2, 0) is 6.42 Å². The Hall–Kier alpha value is -0.840. The first-order valence-electron chi connectivity index (χ1n) is 5.33. The molecular weight excluding hydrogens is 298 g/mol. The van der Waals surface area contributed by atoms with Crippen LogP contribution in [0.1, 0.15) is 16.5 Å². The van der Waals surface area contributed by atoms with Gasteiger partial charge in [-0.1, -0.05) is 18.2 Å². The molecule has 2 N–H and O–H groups in total. The van der Waals surface area contributed by atoms with Gasteiger partial charge in [-0.25, -0.2) is 0 Å². The summed E-state index contributed by atoms with van der Waals surface area (Å²) in [7, 11) is 1.69. The van der Waals surface area contributed by atoms with Gasteiger partial charge in [-0.3, -0.25) is 0 Å². The van der Waals surface area contributed by atoms with Crippen molar-refractivity contribution in [3.05, 3.63) is 50.6 Å². The van der Waals surface area contributed by atoms with Gasteiger partial charge in [-0.2, -0.15) is 0 Å². The van der Waals surface area contributed by atoms with Crippen LogP contribution in [0, 0.1) is 0 Å².